The zero-order chi connectivity index (χ0) is 15.7. The predicted molar refractivity (Wildman–Crippen MR) is 84.8 cm³/mol. The number of carbonyl (C=O) groups excluding carboxylic acids is 1. The fraction of sp³-hybridized carbons (Fsp3) is 0.938. The summed E-state index contributed by atoms with van der Waals surface area (Å²) in [6.07, 6.45) is 5.54. The smallest absolute Gasteiger partial charge is 0.193 e. The molecule has 122 valence electrons. The summed E-state index contributed by atoms with van der Waals surface area (Å²) in [5.41, 5.74) is 0. The van der Waals surface area contributed by atoms with Gasteiger partial charge in [-0.1, -0.05) is 27.2 Å². The van der Waals surface area contributed by atoms with Gasteiger partial charge in [0, 0.05) is 12.8 Å². The van der Waals surface area contributed by atoms with Gasteiger partial charge in [0.15, 0.2) is 14.1 Å². The molecule has 2 atom stereocenters. The van der Waals surface area contributed by atoms with E-state index < -0.39 is 20.2 Å². The van der Waals surface area contributed by atoms with Crippen molar-refractivity contribution in [3.05, 3.63) is 0 Å². The molecule has 0 N–H and O–H groups in total. The van der Waals surface area contributed by atoms with E-state index in [9.17, 15) is 4.79 Å². The van der Waals surface area contributed by atoms with Crippen LogP contribution >= 0.6 is 0 Å². The fourth-order valence-electron chi connectivity index (χ4n) is 2.80. The maximum atomic E-state index is 11.5. The highest BCUT2D eigenvalue weighted by Gasteiger charge is 2.47. The van der Waals surface area contributed by atoms with Gasteiger partial charge in [-0.05, 0) is 31.0 Å². The van der Waals surface area contributed by atoms with E-state index in [1.54, 1.807) is 0 Å². The molecule has 1 aliphatic heterocycles. The largest absolute Gasteiger partial charge is 0.404 e. The highest BCUT2D eigenvalue weighted by molar-refractivity contribution is 6.74. The van der Waals surface area contributed by atoms with Crippen molar-refractivity contribution in [2.75, 3.05) is 6.61 Å². The number of rotatable bonds is 4. The Labute approximate surface area is 129 Å². The minimum atomic E-state index is -1.98. The van der Waals surface area contributed by atoms with E-state index in [4.69, 9.17) is 13.9 Å². The molecular formula is C16H30O4Si. The first kappa shape index (κ1) is 17.1. The SMILES string of the molecule is CC(C)(C)[Si](C)(C)O[C@@H](C=O)[C@H]1COC2(CCCCC2)O1. The first-order valence-corrected chi connectivity index (χ1v) is 11.0. The molecule has 1 spiro atoms. The molecule has 0 radical (unpaired) electrons. The Hall–Kier alpha value is -0.233. The normalized spacial score (nSPS) is 27.8. The van der Waals surface area contributed by atoms with Gasteiger partial charge in [0.05, 0.1) is 6.61 Å². The number of hydrogen-bond donors (Lipinski definition) is 0. The predicted octanol–water partition coefficient (Wildman–Crippen LogP) is 3.65. The van der Waals surface area contributed by atoms with E-state index in [2.05, 4.69) is 33.9 Å². The summed E-state index contributed by atoms with van der Waals surface area (Å²) >= 11 is 0. The molecular weight excluding hydrogens is 284 g/mol. The van der Waals surface area contributed by atoms with Crippen LogP contribution in [0, 0.1) is 0 Å². The van der Waals surface area contributed by atoms with E-state index in [1.807, 2.05) is 0 Å². The molecule has 0 aromatic carbocycles. The lowest BCUT2D eigenvalue weighted by Gasteiger charge is -2.39. The van der Waals surface area contributed by atoms with Crippen LogP contribution in [0.4, 0.5) is 0 Å². The summed E-state index contributed by atoms with van der Waals surface area (Å²) in [6.45, 7) is 11.3. The maximum absolute atomic E-state index is 11.5. The van der Waals surface area contributed by atoms with E-state index >= 15 is 0 Å². The van der Waals surface area contributed by atoms with Crippen LogP contribution in [-0.4, -0.2) is 39.2 Å². The molecule has 1 saturated carbocycles. The third-order valence-electron chi connectivity index (χ3n) is 5.23. The van der Waals surface area contributed by atoms with Gasteiger partial charge < -0.3 is 18.7 Å². The lowest BCUT2D eigenvalue weighted by molar-refractivity contribution is -0.193. The second-order valence-corrected chi connectivity index (χ2v) is 12.7. The lowest BCUT2D eigenvalue weighted by Crippen LogP contribution is -2.48. The summed E-state index contributed by atoms with van der Waals surface area (Å²) in [7, 11) is -1.98. The van der Waals surface area contributed by atoms with Crippen molar-refractivity contribution in [2.24, 2.45) is 0 Å². The monoisotopic (exact) mass is 314 g/mol. The molecule has 1 heterocycles. The van der Waals surface area contributed by atoms with Crippen molar-refractivity contribution in [3.63, 3.8) is 0 Å². The van der Waals surface area contributed by atoms with Crippen LogP contribution in [0.25, 0.3) is 0 Å². The van der Waals surface area contributed by atoms with Crippen molar-refractivity contribution in [1.82, 2.24) is 0 Å². The molecule has 0 amide bonds. The molecule has 2 rings (SSSR count). The molecule has 1 saturated heterocycles. The van der Waals surface area contributed by atoms with Crippen molar-refractivity contribution in [1.29, 1.82) is 0 Å². The minimum absolute atomic E-state index is 0.0796. The van der Waals surface area contributed by atoms with Crippen molar-refractivity contribution < 1.29 is 18.7 Å². The molecule has 2 fully saturated rings. The lowest BCUT2D eigenvalue weighted by atomic mass is 9.94. The third-order valence-corrected chi connectivity index (χ3v) is 9.70. The molecule has 1 aliphatic carbocycles. The molecule has 0 aromatic rings. The minimum Gasteiger partial charge on any atom is -0.404 e. The van der Waals surface area contributed by atoms with Gasteiger partial charge in [0.25, 0.3) is 0 Å². The molecule has 4 nitrogen and oxygen atoms in total. The second kappa shape index (κ2) is 6.11. The quantitative estimate of drug-likeness (QED) is 0.587. The number of carbonyl (C=O) groups is 1. The van der Waals surface area contributed by atoms with Crippen LogP contribution in [0.1, 0.15) is 52.9 Å². The zero-order valence-corrected chi connectivity index (χ0v) is 15.1. The first-order valence-electron chi connectivity index (χ1n) is 8.14. The van der Waals surface area contributed by atoms with Gasteiger partial charge in [-0.25, -0.2) is 0 Å². The molecule has 0 bridgehead atoms. The van der Waals surface area contributed by atoms with Gasteiger partial charge in [-0.3, -0.25) is 0 Å². The van der Waals surface area contributed by atoms with E-state index in [0.29, 0.717) is 6.61 Å². The summed E-state index contributed by atoms with van der Waals surface area (Å²) in [5, 5.41) is 0.0796. The van der Waals surface area contributed by atoms with Crippen molar-refractivity contribution in [2.45, 2.75) is 89.0 Å². The van der Waals surface area contributed by atoms with E-state index in [-0.39, 0.29) is 11.1 Å². The molecule has 0 unspecified atom stereocenters. The first-order chi connectivity index (χ1) is 9.69. The van der Waals surface area contributed by atoms with Crippen LogP contribution in [0.15, 0.2) is 0 Å². The number of aldehydes is 1. The molecule has 2 aliphatic rings. The average molecular weight is 314 g/mol. The van der Waals surface area contributed by atoms with Gasteiger partial charge in [-0.15, -0.1) is 0 Å². The zero-order valence-electron chi connectivity index (χ0n) is 14.1. The fourth-order valence-corrected chi connectivity index (χ4v) is 4.04. The Bertz CT molecular complexity index is 369. The van der Waals surface area contributed by atoms with Crippen LogP contribution in [0.5, 0.6) is 0 Å². The van der Waals surface area contributed by atoms with Crippen molar-refractivity contribution >= 4 is 14.6 Å². The van der Waals surface area contributed by atoms with Gasteiger partial charge >= 0.3 is 0 Å². The Morgan fingerprint density at radius 3 is 2.38 bits per heavy atom. The standard InChI is InChI=1S/C16H30O4Si/c1-15(2,3)21(4,5)20-13(11-17)14-12-18-16(19-14)9-7-6-8-10-16/h11,13-14H,6-10,12H2,1-5H3/t13-,14+/m0/s1. The van der Waals surface area contributed by atoms with Crippen LogP contribution < -0.4 is 0 Å². The topological polar surface area (TPSA) is 44.8 Å². The second-order valence-electron chi connectivity index (χ2n) is 7.92. The summed E-state index contributed by atoms with van der Waals surface area (Å²) in [4.78, 5) is 11.5. The Morgan fingerprint density at radius 2 is 1.86 bits per heavy atom. The maximum Gasteiger partial charge on any atom is 0.193 e. The summed E-state index contributed by atoms with van der Waals surface area (Å²) in [6, 6.07) is 0. The summed E-state index contributed by atoms with van der Waals surface area (Å²) < 4.78 is 18.3. The highest BCUT2D eigenvalue weighted by atomic mass is 28.4. The molecule has 5 heteroatoms. The third kappa shape index (κ3) is 3.75. The van der Waals surface area contributed by atoms with Crippen LogP contribution in [-0.2, 0) is 18.7 Å². The number of ether oxygens (including phenoxy) is 2. The van der Waals surface area contributed by atoms with Gasteiger partial charge in [0.1, 0.15) is 18.5 Å². The Morgan fingerprint density at radius 1 is 1.24 bits per heavy atom. The summed E-state index contributed by atoms with van der Waals surface area (Å²) in [5.74, 6) is -0.443. The Balaban J connectivity index is 2.01. The van der Waals surface area contributed by atoms with Crippen molar-refractivity contribution in [3.8, 4) is 0 Å². The number of hydrogen-bond acceptors (Lipinski definition) is 4. The average Bonchev–Trinajstić information content (AvgIpc) is 2.79. The molecule has 0 aromatic heterocycles. The van der Waals surface area contributed by atoms with Crippen LogP contribution in [0.3, 0.4) is 0 Å². The van der Waals surface area contributed by atoms with Gasteiger partial charge in [-0.2, -0.15) is 0 Å². The molecule has 21 heavy (non-hydrogen) atoms. The van der Waals surface area contributed by atoms with E-state index in [0.717, 1.165) is 32.0 Å². The van der Waals surface area contributed by atoms with Gasteiger partial charge in [0.2, 0.25) is 0 Å². The van der Waals surface area contributed by atoms with E-state index in [1.165, 1.54) is 6.42 Å². The highest BCUT2D eigenvalue weighted by Crippen LogP contribution is 2.41. The van der Waals surface area contributed by atoms with Crippen LogP contribution in [0.2, 0.25) is 18.1 Å². The Kier molecular flexibility index (Phi) is 4.98.